The van der Waals surface area contributed by atoms with Crippen molar-refractivity contribution >= 4 is 35.0 Å². The van der Waals surface area contributed by atoms with Crippen molar-refractivity contribution in [3.63, 3.8) is 0 Å². The Morgan fingerprint density at radius 2 is 1.19 bits per heavy atom. The van der Waals surface area contributed by atoms with Crippen molar-refractivity contribution in [2.24, 2.45) is 10.2 Å². The van der Waals surface area contributed by atoms with Crippen molar-refractivity contribution in [2.45, 2.75) is 13.5 Å². The minimum absolute atomic E-state index is 0.756. The molecule has 0 aliphatic carbocycles. The lowest BCUT2D eigenvalue weighted by molar-refractivity contribution is 0.419. The van der Waals surface area contributed by atoms with Crippen molar-refractivity contribution < 1.29 is 4.74 Å². The third kappa shape index (κ3) is 4.20. The molecule has 0 N–H and O–H groups in total. The molecule has 0 atom stereocenters. The second-order valence-electron chi connectivity index (χ2n) is 7.76. The molecular weight excluding hydrogens is 396 g/mol. The van der Waals surface area contributed by atoms with Gasteiger partial charge < -0.3 is 4.74 Å². The Morgan fingerprint density at radius 1 is 0.677 bits per heavy atom. The Bertz CT molecular complexity index is 1140. The second-order valence-corrected chi connectivity index (χ2v) is 11.7. The second kappa shape index (κ2) is 9.10. The first-order chi connectivity index (χ1) is 15.1. The summed E-state index contributed by atoms with van der Waals surface area (Å²) in [7, 11) is -0.618. The number of nitrogens with zero attached hydrogens (tertiary/aromatic N) is 2. The summed E-state index contributed by atoms with van der Waals surface area (Å²) < 4.78 is 5.99. The highest BCUT2D eigenvalue weighted by Crippen LogP contribution is 2.31. The molecule has 0 aliphatic heterocycles. The summed E-state index contributed by atoms with van der Waals surface area (Å²) in [6.07, 6.45) is 0. The number of methoxy groups -OCH3 is 1. The molecule has 0 aromatic heterocycles. The van der Waals surface area contributed by atoms with Crippen LogP contribution in [0.4, 0.5) is 11.4 Å². The summed E-state index contributed by atoms with van der Waals surface area (Å²) in [4.78, 5) is 0. The van der Waals surface area contributed by atoms with Crippen LogP contribution < -0.4 is 20.3 Å². The maximum Gasteiger partial charge on any atom is 0.150 e. The van der Waals surface area contributed by atoms with Gasteiger partial charge in [-0.2, -0.15) is 5.11 Å². The smallest absolute Gasteiger partial charge is 0.150 e. The molecule has 0 amide bonds. The monoisotopic (exact) mass is 422 g/mol. The Morgan fingerprint density at radius 3 is 1.71 bits per heavy atom. The molecule has 4 rings (SSSR count). The fraction of sp³-hybridized carbons (Fsp3) is 0.111. The Kier molecular flexibility index (Phi) is 6.10. The quantitative estimate of drug-likeness (QED) is 0.229. The van der Waals surface area contributed by atoms with Crippen LogP contribution in [0.2, 0.25) is 6.55 Å². The highest BCUT2D eigenvalue weighted by atomic mass is 28.3. The predicted molar refractivity (Wildman–Crippen MR) is 132 cm³/mol. The maximum atomic E-state index is 5.99. The van der Waals surface area contributed by atoms with Crippen LogP contribution in [0.25, 0.3) is 0 Å². The van der Waals surface area contributed by atoms with Gasteiger partial charge in [0.25, 0.3) is 0 Å². The summed E-state index contributed by atoms with van der Waals surface area (Å²) in [5.41, 5.74) is 2.72. The highest BCUT2D eigenvalue weighted by Gasteiger charge is 2.37. The first-order valence-corrected chi connectivity index (χ1v) is 12.9. The zero-order valence-electron chi connectivity index (χ0n) is 18.1. The van der Waals surface area contributed by atoms with Gasteiger partial charge in [0.1, 0.15) is 19.5 Å². The van der Waals surface area contributed by atoms with E-state index in [0.29, 0.717) is 0 Å². The van der Waals surface area contributed by atoms with Crippen molar-refractivity contribution in [2.75, 3.05) is 7.11 Å². The van der Waals surface area contributed by atoms with Gasteiger partial charge in [-0.05, 0) is 46.2 Å². The van der Waals surface area contributed by atoms with Crippen LogP contribution in [0.1, 0.15) is 5.56 Å². The highest BCUT2D eigenvalue weighted by molar-refractivity contribution is 7.11. The predicted octanol–water partition coefficient (Wildman–Crippen LogP) is 5.52. The number of aryl methyl sites for hydroxylation is 1. The molecular formula is C27H26N2OSi. The van der Waals surface area contributed by atoms with Gasteiger partial charge >= 0.3 is 0 Å². The number of hydrogen-bond acceptors (Lipinski definition) is 3. The first-order valence-electron chi connectivity index (χ1n) is 10.4. The Balaban J connectivity index is 1.94. The molecule has 0 saturated carbocycles. The molecule has 0 saturated heterocycles. The SMILES string of the molecule is COc1c(N=Nc2ccccc2)cc(C)cc1[Si](C)(c1ccccc1)c1ccccc1. The fourth-order valence-corrected chi connectivity index (χ4v) is 7.92. The van der Waals surface area contributed by atoms with Crippen LogP contribution in [0.5, 0.6) is 5.75 Å². The lowest BCUT2D eigenvalue weighted by Gasteiger charge is -2.31. The Hall–Kier alpha value is -3.50. The zero-order chi connectivity index (χ0) is 21.7. The van der Waals surface area contributed by atoms with Crippen LogP contribution in [-0.2, 0) is 0 Å². The molecule has 4 heteroatoms. The number of azo groups is 1. The molecule has 0 spiro atoms. The van der Waals surface area contributed by atoms with Gasteiger partial charge in [0.05, 0.1) is 12.8 Å². The van der Waals surface area contributed by atoms with Crippen molar-refractivity contribution in [3.05, 3.63) is 109 Å². The average Bonchev–Trinajstić information content (AvgIpc) is 2.83. The minimum Gasteiger partial charge on any atom is -0.495 e. The Labute approximate surface area is 185 Å². The van der Waals surface area contributed by atoms with E-state index in [9.17, 15) is 0 Å². The van der Waals surface area contributed by atoms with Gasteiger partial charge in [-0.25, -0.2) is 0 Å². The number of hydrogen-bond donors (Lipinski definition) is 0. The van der Waals surface area contributed by atoms with E-state index in [4.69, 9.17) is 4.74 Å². The molecule has 31 heavy (non-hydrogen) atoms. The molecule has 0 unspecified atom stereocenters. The summed E-state index contributed by atoms with van der Waals surface area (Å²) in [5, 5.41) is 12.9. The van der Waals surface area contributed by atoms with E-state index in [0.717, 1.165) is 22.7 Å². The van der Waals surface area contributed by atoms with Gasteiger partial charge in [0.2, 0.25) is 0 Å². The van der Waals surface area contributed by atoms with E-state index in [1.165, 1.54) is 15.6 Å². The fourth-order valence-electron chi connectivity index (χ4n) is 4.04. The summed E-state index contributed by atoms with van der Waals surface area (Å²) in [5.74, 6) is 0.798. The third-order valence-electron chi connectivity index (χ3n) is 5.69. The molecule has 0 radical (unpaired) electrons. The summed E-state index contributed by atoms with van der Waals surface area (Å²) >= 11 is 0. The van der Waals surface area contributed by atoms with E-state index in [2.05, 4.69) is 90.4 Å². The third-order valence-corrected chi connectivity index (χ3v) is 10.1. The van der Waals surface area contributed by atoms with Gasteiger partial charge in [-0.1, -0.05) is 91.5 Å². The van der Waals surface area contributed by atoms with Crippen LogP contribution in [0.15, 0.2) is 113 Å². The van der Waals surface area contributed by atoms with E-state index < -0.39 is 8.07 Å². The molecule has 0 fully saturated rings. The van der Waals surface area contributed by atoms with E-state index >= 15 is 0 Å². The standard InChI is InChI=1S/C27H26N2OSi/c1-21-19-25(29-28-22-13-7-4-8-14-22)27(30-2)26(20-21)31(3,23-15-9-5-10-16-23)24-17-11-6-12-18-24/h4-20H,1-3H3. The molecule has 4 aromatic rings. The molecule has 3 nitrogen and oxygen atoms in total. The molecule has 4 aromatic carbocycles. The molecule has 154 valence electrons. The number of rotatable bonds is 6. The largest absolute Gasteiger partial charge is 0.495 e. The van der Waals surface area contributed by atoms with Crippen LogP contribution >= 0.6 is 0 Å². The van der Waals surface area contributed by atoms with Gasteiger partial charge in [-0.15, -0.1) is 5.11 Å². The van der Waals surface area contributed by atoms with E-state index in [-0.39, 0.29) is 0 Å². The topological polar surface area (TPSA) is 34.0 Å². The van der Waals surface area contributed by atoms with E-state index in [1.807, 2.05) is 36.4 Å². The van der Waals surface area contributed by atoms with E-state index in [1.54, 1.807) is 7.11 Å². The first kappa shape index (κ1) is 20.8. The lowest BCUT2D eigenvalue weighted by atomic mass is 10.2. The number of benzene rings is 4. The van der Waals surface area contributed by atoms with Crippen LogP contribution in [-0.4, -0.2) is 15.2 Å². The van der Waals surface area contributed by atoms with Gasteiger partial charge in [-0.3, -0.25) is 0 Å². The minimum atomic E-state index is -2.34. The number of ether oxygens (including phenoxy) is 1. The summed E-state index contributed by atoms with van der Waals surface area (Å²) in [6, 6.07) is 35.6. The lowest BCUT2D eigenvalue weighted by Crippen LogP contribution is -2.65. The zero-order valence-corrected chi connectivity index (χ0v) is 19.1. The van der Waals surface area contributed by atoms with Gasteiger partial charge in [0, 0.05) is 0 Å². The van der Waals surface area contributed by atoms with Crippen LogP contribution in [0, 0.1) is 6.92 Å². The molecule has 0 bridgehead atoms. The normalized spacial score (nSPS) is 11.6. The van der Waals surface area contributed by atoms with Crippen molar-refractivity contribution in [3.8, 4) is 5.75 Å². The average molecular weight is 423 g/mol. The van der Waals surface area contributed by atoms with Crippen molar-refractivity contribution in [1.29, 1.82) is 0 Å². The molecule has 0 heterocycles. The van der Waals surface area contributed by atoms with Gasteiger partial charge in [0.15, 0.2) is 0 Å². The summed E-state index contributed by atoms with van der Waals surface area (Å²) in [6.45, 7) is 4.49. The van der Waals surface area contributed by atoms with Crippen LogP contribution in [0.3, 0.4) is 0 Å². The molecule has 0 aliphatic rings. The van der Waals surface area contributed by atoms with Crippen molar-refractivity contribution in [1.82, 2.24) is 0 Å². The maximum absolute atomic E-state index is 5.99.